The molecule has 0 saturated heterocycles. The first-order valence-electron chi connectivity index (χ1n) is 20.7. The molecule has 1 aromatic heterocycles. The molecule has 1 aliphatic carbocycles. The van der Waals surface area contributed by atoms with Crippen LogP contribution in [0.5, 0.6) is 0 Å². The van der Waals surface area contributed by atoms with E-state index >= 15 is 0 Å². The molecular formula is C57H42N2O. The van der Waals surface area contributed by atoms with E-state index in [1.54, 1.807) is 0 Å². The zero-order chi connectivity index (χ0) is 40.2. The first-order chi connectivity index (χ1) is 29.5. The summed E-state index contributed by atoms with van der Waals surface area (Å²) in [5.74, 6) is 0. The predicted molar refractivity (Wildman–Crippen MR) is 252 cm³/mol. The molecule has 0 fully saturated rings. The second-order valence-electron chi connectivity index (χ2n) is 16.2. The van der Waals surface area contributed by atoms with E-state index in [0.717, 1.165) is 56.1 Å². The van der Waals surface area contributed by atoms with Gasteiger partial charge in [-0.2, -0.15) is 0 Å². The SMILES string of the molecule is CC1(C)c2ccccc2-c2ccc(N(c3ccccc3)c3ccc(-c4ccc(-c5ccc(N(c6ccccc6)c6ccc7oc8ccccc8c7c6)cc5)cc4)cc3)cc21. The van der Waals surface area contributed by atoms with Gasteiger partial charge in [-0.3, -0.25) is 0 Å². The number of para-hydroxylation sites is 3. The predicted octanol–water partition coefficient (Wildman–Crippen LogP) is 16.2. The monoisotopic (exact) mass is 770 g/mol. The van der Waals surface area contributed by atoms with Gasteiger partial charge in [-0.15, -0.1) is 0 Å². The summed E-state index contributed by atoms with van der Waals surface area (Å²) in [7, 11) is 0. The van der Waals surface area contributed by atoms with Crippen molar-refractivity contribution in [3.63, 3.8) is 0 Å². The van der Waals surface area contributed by atoms with E-state index in [1.807, 2.05) is 12.1 Å². The lowest BCUT2D eigenvalue weighted by atomic mass is 9.82. The lowest BCUT2D eigenvalue weighted by Gasteiger charge is -2.28. The van der Waals surface area contributed by atoms with Gasteiger partial charge in [-0.25, -0.2) is 0 Å². The summed E-state index contributed by atoms with van der Waals surface area (Å²) in [4.78, 5) is 4.67. The van der Waals surface area contributed by atoms with Gasteiger partial charge in [-0.1, -0.05) is 147 Å². The third-order valence-electron chi connectivity index (χ3n) is 12.3. The Labute approximate surface area is 351 Å². The van der Waals surface area contributed by atoms with E-state index in [2.05, 4.69) is 230 Å². The number of hydrogen-bond acceptors (Lipinski definition) is 3. The Balaban J connectivity index is 0.871. The van der Waals surface area contributed by atoms with E-state index < -0.39 is 0 Å². The van der Waals surface area contributed by atoms with Crippen LogP contribution in [0.3, 0.4) is 0 Å². The Morgan fingerprint density at radius 3 is 1.33 bits per heavy atom. The van der Waals surface area contributed by atoms with Crippen LogP contribution in [0.4, 0.5) is 34.1 Å². The summed E-state index contributed by atoms with van der Waals surface area (Å²) in [6.45, 7) is 4.68. The smallest absolute Gasteiger partial charge is 0.135 e. The van der Waals surface area contributed by atoms with Gasteiger partial charge >= 0.3 is 0 Å². The maximum atomic E-state index is 6.15. The first-order valence-corrected chi connectivity index (χ1v) is 20.7. The van der Waals surface area contributed by atoms with Crippen LogP contribution in [0.25, 0.3) is 55.3 Å². The number of fused-ring (bicyclic) bond motifs is 6. The highest BCUT2D eigenvalue weighted by atomic mass is 16.3. The van der Waals surface area contributed by atoms with Gasteiger partial charge in [0.1, 0.15) is 11.2 Å². The number of furan rings is 1. The number of benzene rings is 9. The molecule has 11 rings (SSSR count). The third-order valence-corrected chi connectivity index (χ3v) is 12.3. The van der Waals surface area contributed by atoms with Crippen molar-refractivity contribution in [1.82, 2.24) is 0 Å². The van der Waals surface area contributed by atoms with E-state index in [1.165, 1.54) is 44.5 Å². The van der Waals surface area contributed by atoms with Crippen molar-refractivity contribution < 1.29 is 4.42 Å². The van der Waals surface area contributed by atoms with Crippen molar-refractivity contribution in [2.75, 3.05) is 9.80 Å². The summed E-state index contributed by atoms with van der Waals surface area (Å²) >= 11 is 0. The number of rotatable bonds is 8. The molecule has 9 aromatic carbocycles. The molecule has 0 radical (unpaired) electrons. The molecule has 3 nitrogen and oxygen atoms in total. The van der Waals surface area contributed by atoms with Crippen molar-refractivity contribution >= 4 is 56.1 Å². The van der Waals surface area contributed by atoms with Crippen molar-refractivity contribution in [1.29, 1.82) is 0 Å². The largest absolute Gasteiger partial charge is 0.456 e. The highest BCUT2D eigenvalue weighted by molar-refractivity contribution is 6.06. The Morgan fingerprint density at radius 2 is 0.733 bits per heavy atom. The van der Waals surface area contributed by atoms with Crippen LogP contribution in [-0.4, -0.2) is 0 Å². The van der Waals surface area contributed by atoms with Gasteiger partial charge in [-0.05, 0) is 129 Å². The van der Waals surface area contributed by atoms with Gasteiger partial charge in [0.25, 0.3) is 0 Å². The highest BCUT2D eigenvalue weighted by Gasteiger charge is 2.35. The van der Waals surface area contributed by atoms with Crippen molar-refractivity contribution in [2.24, 2.45) is 0 Å². The lowest BCUT2D eigenvalue weighted by Crippen LogP contribution is -2.16. The molecule has 0 unspecified atom stereocenters. The standard InChI is InChI=1S/C57H42N2O/c1-57(2)53-19-11-9-17-49(53)50-35-33-48(38-54(50)57)59(44-15-7-4-8-16-44)46-31-27-42(28-32-46)40-23-21-39(22-24-40)41-25-29-45(30-26-41)58(43-13-5-3-6-14-43)47-34-36-56-52(37-47)51-18-10-12-20-55(51)60-56/h3-38H,1-2H3. The third kappa shape index (κ3) is 6.06. The summed E-state index contributed by atoms with van der Waals surface area (Å²) < 4.78 is 6.15. The summed E-state index contributed by atoms with van der Waals surface area (Å²) in [5.41, 5.74) is 18.5. The normalized spacial score (nSPS) is 12.6. The van der Waals surface area contributed by atoms with Crippen LogP contribution in [0.15, 0.2) is 223 Å². The zero-order valence-electron chi connectivity index (χ0n) is 33.6. The molecule has 1 aliphatic rings. The summed E-state index contributed by atoms with van der Waals surface area (Å²) in [6, 6.07) is 78.5. The second kappa shape index (κ2) is 14.3. The molecule has 0 aliphatic heterocycles. The molecule has 60 heavy (non-hydrogen) atoms. The van der Waals surface area contributed by atoms with Crippen LogP contribution >= 0.6 is 0 Å². The van der Waals surface area contributed by atoms with E-state index in [9.17, 15) is 0 Å². The van der Waals surface area contributed by atoms with Gasteiger partial charge in [0.2, 0.25) is 0 Å². The summed E-state index contributed by atoms with van der Waals surface area (Å²) in [5, 5.41) is 2.23. The summed E-state index contributed by atoms with van der Waals surface area (Å²) in [6.07, 6.45) is 0. The fourth-order valence-electron chi connectivity index (χ4n) is 9.19. The molecule has 0 atom stereocenters. The Hall–Kier alpha value is -7.62. The van der Waals surface area contributed by atoms with Crippen molar-refractivity contribution in [3.05, 3.63) is 230 Å². The Kier molecular flexibility index (Phi) is 8.49. The quantitative estimate of drug-likeness (QED) is 0.153. The van der Waals surface area contributed by atoms with E-state index in [4.69, 9.17) is 4.42 Å². The molecule has 0 amide bonds. The molecule has 10 aromatic rings. The molecular weight excluding hydrogens is 729 g/mol. The maximum absolute atomic E-state index is 6.15. The first kappa shape index (κ1) is 35.5. The number of nitrogens with zero attached hydrogens (tertiary/aromatic N) is 2. The minimum absolute atomic E-state index is 0.0722. The van der Waals surface area contributed by atoms with Crippen LogP contribution in [0.1, 0.15) is 25.0 Å². The van der Waals surface area contributed by atoms with Crippen molar-refractivity contribution in [2.45, 2.75) is 19.3 Å². The lowest BCUT2D eigenvalue weighted by molar-refractivity contribution is 0.660. The van der Waals surface area contributed by atoms with Crippen LogP contribution < -0.4 is 9.80 Å². The number of anilines is 6. The van der Waals surface area contributed by atoms with Crippen LogP contribution in [0, 0.1) is 0 Å². The Morgan fingerprint density at radius 1 is 0.317 bits per heavy atom. The van der Waals surface area contributed by atoms with Crippen LogP contribution in [0.2, 0.25) is 0 Å². The molecule has 286 valence electrons. The highest BCUT2D eigenvalue weighted by Crippen LogP contribution is 2.50. The van der Waals surface area contributed by atoms with Gasteiger partial charge < -0.3 is 14.2 Å². The molecule has 0 spiro atoms. The molecule has 1 heterocycles. The minimum Gasteiger partial charge on any atom is -0.456 e. The van der Waals surface area contributed by atoms with Crippen molar-refractivity contribution in [3.8, 4) is 33.4 Å². The molecule has 3 heteroatoms. The maximum Gasteiger partial charge on any atom is 0.135 e. The minimum atomic E-state index is -0.0722. The van der Waals surface area contributed by atoms with Gasteiger partial charge in [0, 0.05) is 50.3 Å². The fourth-order valence-corrected chi connectivity index (χ4v) is 9.19. The average molecular weight is 771 g/mol. The zero-order valence-corrected chi connectivity index (χ0v) is 33.6. The molecule has 0 bridgehead atoms. The van der Waals surface area contributed by atoms with E-state index in [-0.39, 0.29) is 5.41 Å². The molecule has 0 N–H and O–H groups in total. The van der Waals surface area contributed by atoms with E-state index in [0.29, 0.717) is 0 Å². The van der Waals surface area contributed by atoms with Gasteiger partial charge in [0.05, 0.1) is 0 Å². The molecule has 0 saturated carbocycles. The topological polar surface area (TPSA) is 19.6 Å². The second-order valence-corrected chi connectivity index (χ2v) is 16.2. The van der Waals surface area contributed by atoms with Gasteiger partial charge in [0.15, 0.2) is 0 Å². The van der Waals surface area contributed by atoms with Crippen LogP contribution in [-0.2, 0) is 5.41 Å². The average Bonchev–Trinajstić information content (AvgIpc) is 3.79. The Bertz CT molecular complexity index is 3150. The number of hydrogen-bond donors (Lipinski definition) is 0. The fraction of sp³-hybridized carbons (Fsp3) is 0.0526.